The standard InChI is InChI=1S/C17H17IO3/c18-15-8-6-14(7-9-15)10-16(20)17(21-12-19)11-13-4-2-1-3-5-13/h1-9,12,16-17,20H,10-11H2/t16-,17-/m0/s1. The molecular weight excluding hydrogens is 379 g/mol. The second kappa shape index (κ2) is 8.14. The number of benzene rings is 2. The molecule has 2 aromatic rings. The number of rotatable bonds is 7. The van der Waals surface area contributed by atoms with Crippen molar-refractivity contribution in [2.75, 3.05) is 0 Å². The first-order chi connectivity index (χ1) is 10.2. The Bertz CT molecular complexity index is 554. The van der Waals surface area contributed by atoms with Gasteiger partial charge in [0.25, 0.3) is 6.47 Å². The van der Waals surface area contributed by atoms with E-state index in [1.54, 1.807) is 0 Å². The number of carbonyl (C=O) groups is 1. The lowest BCUT2D eigenvalue weighted by Crippen LogP contribution is -2.32. The summed E-state index contributed by atoms with van der Waals surface area (Å²) in [5, 5.41) is 10.3. The van der Waals surface area contributed by atoms with Crippen LogP contribution < -0.4 is 0 Å². The summed E-state index contributed by atoms with van der Waals surface area (Å²) < 4.78 is 6.22. The average molecular weight is 396 g/mol. The van der Waals surface area contributed by atoms with Gasteiger partial charge < -0.3 is 9.84 Å². The van der Waals surface area contributed by atoms with E-state index in [0.29, 0.717) is 19.3 Å². The van der Waals surface area contributed by atoms with E-state index in [2.05, 4.69) is 22.6 Å². The minimum Gasteiger partial charge on any atom is -0.461 e. The number of aliphatic hydroxyl groups excluding tert-OH is 1. The molecule has 3 nitrogen and oxygen atoms in total. The van der Waals surface area contributed by atoms with E-state index < -0.39 is 12.2 Å². The maximum atomic E-state index is 10.7. The van der Waals surface area contributed by atoms with Crippen LogP contribution in [0.5, 0.6) is 0 Å². The highest BCUT2D eigenvalue weighted by Crippen LogP contribution is 2.14. The number of halogens is 1. The van der Waals surface area contributed by atoms with Crippen LogP contribution in [0.2, 0.25) is 0 Å². The lowest BCUT2D eigenvalue weighted by Gasteiger charge is -2.21. The van der Waals surface area contributed by atoms with Gasteiger partial charge in [-0.2, -0.15) is 0 Å². The van der Waals surface area contributed by atoms with Gasteiger partial charge in [0.1, 0.15) is 6.10 Å². The molecule has 0 aliphatic heterocycles. The Kier molecular flexibility index (Phi) is 6.20. The van der Waals surface area contributed by atoms with E-state index in [4.69, 9.17) is 4.74 Å². The minimum absolute atomic E-state index is 0.407. The zero-order valence-electron chi connectivity index (χ0n) is 11.5. The SMILES string of the molecule is O=CO[C@@H](Cc1ccccc1)[C@@H](O)Cc1ccc(I)cc1. The Balaban J connectivity index is 2.02. The summed E-state index contributed by atoms with van der Waals surface area (Å²) in [6.07, 6.45) is -0.299. The van der Waals surface area contributed by atoms with Crippen LogP contribution in [-0.2, 0) is 22.4 Å². The van der Waals surface area contributed by atoms with Crippen LogP contribution in [0.15, 0.2) is 54.6 Å². The van der Waals surface area contributed by atoms with Gasteiger partial charge in [0, 0.05) is 16.4 Å². The molecule has 2 atom stereocenters. The van der Waals surface area contributed by atoms with E-state index in [1.165, 1.54) is 0 Å². The molecule has 0 aromatic heterocycles. The smallest absolute Gasteiger partial charge is 0.293 e. The molecule has 0 aliphatic carbocycles. The third kappa shape index (κ3) is 5.13. The summed E-state index contributed by atoms with van der Waals surface area (Å²) in [7, 11) is 0. The Morgan fingerprint density at radius 1 is 1.00 bits per heavy atom. The molecule has 2 aromatic carbocycles. The molecule has 0 amide bonds. The van der Waals surface area contributed by atoms with Gasteiger partial charge >= 0.3 is 0 Å². The molecule has 0 fully saturated rings. The lowest BCUT2D eigenvalue weighted by atomic mass is 9.98. The summed E-state index contributed by atoms with van der Waals surface area (Å²) in [6.45, 7) is 0.407. The second-order valence-corrected chi connectivity index (χ2v) is 6.10. The van der Waals surface area contributed by atoms with Crippen LogP contribution in [0.3, 0.4) is 0 Å². The van der Waals surface area contributed by atoms with E-state index in [-0.39, 0.29) is 0 Å². The predicted molar refractivity (Wildman–Crippen MR) is 90.0 cm³/mol. The maximum absolute atomic E-state index is 10.7. The van der Waals surface area contributed by atoms with Crippen molar-refractivity contribution >= 4 is 29.1 Å². The van der Waals surface area contributed by atoms with Gasteiger partial charge in [-0.15, -0.1) is 0 Å². The normalized spacial score (nSPS) is 13.4. The van der Waals surface area contributed by atoms with E-state index >= 15 is 0 Å². The molecule has 1 N–H and O–H groups in total. The highest BCUT2D eigenvalue weighted by Gasteiger charge is 2.21. The van der Waals surface area contributed by atoms with Crippen LogP contribution in [0, 0.1) is 3.57 Å². The van der Waals surface area contributed by atoms with Crippen molar-refractivity contribution in [3.63, 3.8) is 0 Å². The Morgan fingerprint density at radius 3 is 2.24 bits per heavy atom. The molecule has 0 saturated carbocycles. The van der Waals surface area contributed by atoms with Crippen LogP contribution in [0.4, 0.5) is 0 Å². The predicted octanol–water partition coefficient (Wildman–Crippen LogP) is 2.98. The fourth-order valence-electron chi connectivity index (χ4n) is 2.19. The highest BCUT2D eigenvalue weighted by molar-refractivity contribution is 14.1. The number of hydrogen-bond acceptors (Lipinski definition) is 3. The first kappa shape index (κ1) is 16.0. The van der Waals surface area contributed by atoms with Crippen LogP contribution in [0.25, 0.3) is 0 Å². The minimum atomic E-state index is -0.726. The Morgan fingerprint density at radius 2 is 1.62 bits per heavy atom. The first-order valence-electron chi connectivity index (χ1n) is 6.74. The van der Waals surface area contributed by atoms with Gasteiger partial charge in [-0.05, 0) is 45.9 Å². The number of carbonyl (C=O) groups excluding carboxylic acids is 1. The zero-order chi connectivity index (χ0) is 15.1. The Hall–Kier alpha value is -1.40. The van der Waals surface area contributed by atoms with Gasteiger partial charge in [-0.1, -0.05) is 42.5 Å². The van der Waals surface area contributed by atoms with Gasteiger partial charge in [0.2, 0.25) is 0 Å². The molecule has 0 saturated heterocycles. The lowest BCUT2D eigenvalue weighted by molar-refractivity contribution is -0.139. The van der Waals surface area contributed by atoms with Crippen LogP contribution >= 0.6 is 22.6 Å². The van der Waals surface area contributed by atoms with Gasteiger partial charge in [-0.25, -0.2) is 0 Å². The summed E-state index contributed by atoms with van der Waals surface area (Å²) in [5.41, 5.74) is 2.06. The molecule has 0 heterocycles. The summed E-state index contributed by atoms with van der Waals surface area (Å²) in [5.74, 6) is 0. The molecular formula is C17H17IO3. The number of aliphatic hydroxyl groups is 1. The second-order valence-electron chi connectivity index (χ2n) is 4.86. The molecule has 0 bridgehead atoms. The molecule has 0 unspecified atom stereocenters. The molecule has 110 valence electrons. The number of hydrogen-bond donors (Lipinski definition) is 1. The van der Waals surface area contributed by atoms with E-state index in [9.17, 15) is 9.90 Å². The zero-order valence-corrected chi connectivity index (χ0v) is 13.6. The average Bonchev–Trinajstić information content (AvgIpc) is 2.50. The monoisotopic (exact) mass is 396 g/mol. The summed E-state index contributed by atoms with van der Waals surface area (Å²) in [6, 6.07) is 17.7. The van der Waals surface area contributed by atoms with Crippen molar-refractivity contribution in [3.8, 4) is 0 Å². The van der Waals surface area contributed by atoms with Crippen molar-refractivity contribution in [1.29, 1.82) is 0 Å². The molecule has 21 heavy (non-hydrogen) atoms. The molecule has 0 aliphatic rings. The molecule has 2 rings (SSSR count). The third-order valence-electron chi connectivity index (χ3n) is 3.30. The quantitative estimate of drug-likeness (QED) is 0.578. The van der Waals surface area contributed by atoms with Crippen molar-refractivity contribution < 1.29 is 14.6 Å². The fraction of sp³-hybridized carbons (Fsp3) is 0.235. The fourth-order valence-corrected chi connectivity index (χ4v) is 2.55. The molecule has 0 spiro atoms. The molecule has 0 radical (unpaired) electrons. The van der Waals surface area contributed by atoms with Crippen LogP contribution in [0.1, 0.15) is 11.1 Å². The maximum Gasteiger partial charge on any atom is 0.293 e. The first-order valence-corrected chi connectivity index (χ1v) is 7.82. The van der Waals surface area contributed by atoms with Gasteiger partial charge in [-0.3, -0.25) is 4.79 Å². The van der Waals surface area contributed by atoms with Gasteiger partial charge in [0.15, 0.2) is 0 Å². The highest BCUT2D eigenvalue weighted by atomic mass is 127. The summed E-state index contributed by atoms with van der Waals surface area (Å²) >= 11 is 2.24. The van der Waals surface area contributed by atoms with Crippen molar-refractivity contribution in [1.82, 2.24) is 0 Å². The number of ether oxygens (including phenoxy) is 1. The Labute approximate surface area is 138 Å². The van der Waals surface area contributed by atoms with Crippen molar-refractivity contribution in [2.45, 2.75) is 25.0 Å². The van der Waals surface area contributed by atoms with Crippen molar-refractivity contribution in [3.05, 3.63) is 69.3 Å². The van der Waals surface area contributed by atoms with Crippen molar-refractivity contribution in [2.24, 2.45) is 0 Å². The van der Waals surface area contributed by atoms with E-state index in [1.807, 2.05) is 54.6 Å². The topological polar surface area (TPSA) is 46.5 Å². The third-order valence-corrected chi connectivity index (χ3v) is 4.02. The molecule has 4 heteroatoms. The van der Waals surface area contributed by atoms with Gasteiger partial charge in [0.05, 0.1) is 6.10 Å². The van der Waals surface area contributed by atoms with E-state index in [0.717, 1.165) is 14.7 Å². The summed E-state index contributed by atoms with van der Waals surface area (Å²) in [4.78, 5) is 10.7. The van der Waals surface area contributed by atoms with Crippen LogP contribution in [-0.4, -0.2) is 23.8 Å². The largest absolute Gasteiger partial charge is 0.461 e.